The third kappa shape index (κ3) is 3.42. The molecule has 0 bridgehead atoms. The first kappa shape index (κ1) is 15.9. The summed E-state index contributed by atoms with van der Waals surface area (Å²) in [6.45, 7) is 5.80. The highest BCUT2D eigenvalue weighted by atomic mass is 32.2. The van der Waals surface area contributed by atoms with E-state index in [9.17, 15) is 8.42 Å². The van der Waals surface area contributed by atoms with Crippen LogP contribution in [-0.4, -0.2) is 37.9 Å². The molecule has 2 unspecified atom stereocenters. The number of hydrogen-bond donors (Lipinski definition) is 1. The maximum Gasteiger partial charge on any atom is 0.252 e. The SMILES string of the molecule is CCCNC(C)C1CCCCN1S(=O)(=O)c1cccs1. The lowest BCUT2D eigenvalue weighted by molar-refractivity contribution is 0.209. The summed E-state index contributed by atoms with van der Waals surface area (Å²) in [7, 11) is -3.33. The van der Waals surface area contributed by atoms with E-state index in [1.54, 1.807) is 16.4 Å². The monoisotopic (exact) mass is 316 g/mol. The minimum atomic E-state index is -3.33. The van der Waals surface area contributed by atoms with E-state index in [0.29, 0.717) is 10.8 Å². The van der Waals surface area contributed by atoms with Gasteiger partial charge in [0.15, 0.2) is 0 Å². The second-order valence-corrected chi connectivity index (χ2v) is 8.42. The number of piperidine rings is 1. The van der Waals surface area contributed by atoms with Gasteiger partial charge in [-0.15, -0.1) is 11.3 Å². The molecule has 4 nitrogen and oxygen atoms in total. The molecule has 1 N–H and O–H groups in total. The smallest absolute Gasteiger partial charge is 0.252 e. The van der Waals surface area contributed by atoms with Gasteiger partial charge in [0.25, 0.3) is 10.0 Å². The van der Waals surface area contributed by atoms with Crippen LogP contribution < -0.4 is 5.32 Å². The van der Waals surface area contributed by atoms with E-state index in [0.717, 1.165) is 32.2 Å². The molecule has 1 saturated heterocycles. The summed E-state index contributed by atoms with van der Waals surface area (Å²) in [6.07, 6.45) is 4.08. The van der Waals surface area contributed by atoms with Gasteiger partial charge in [0.05, 0.1) is 0 Å². The van der Waals surface area contributed by atoms with Gasteiger partial charge in [-0.25, -0.2) is 8.42 Å². The Labute approximate surface area is 126 Å². The van der Waals surface area contributed by atoms with Crippen LogP contribution >= 0.6 is 11.3 Å². The molecule has 1 aromatic heterocycles. The van der Waals surface area contributed by atoms with Crippen molar-refractivity contribution in [2.24, 2.45) is 0 Å². The molecule has 1 aromatic rings. The lowest BCUT2D eigenvalue weighted by Crippen LogP contribution is -2.53. The van der Waals surface area contributed by atoms with Crippen molar-refractivity contribution in [2.45, 2.75) is 55.8 Å². The molecule has 6 heteroatoms. The summed E-state index contributed by atoms with van der Waals surface area (Å²) in [5.41, 5.74) is 0. The molecule has 1 fully saturated rings. The van der Waals surface area contributed by atoms with Crippen molar-refractivity contribution in [3.8, 4) is 0 Å². The third-order valence-corrected chi connectivity index (χ3v) is 7.15. The predicted octanol–water partition coefficient (Wildman–Crippen LogP) is 2.68. The van der Waals surface area contributed by atoms with Crippen LogP contribution in [0.4, 0.5) is 0 Å². The minimum Gasteiger partial charge on any atom is -0.313 e. The number of nitrogens with one attached hydrogen (secondary N) is 1. The molecule has 2 rings (SSSR count). The average molecular weight is 316 g/mol. The molecule has 0 amide bonds. The highest BCUT2D eigenvalue weighted by molar-refractivity contribution is 7.91. The highest BCUT2D eigenvalue weighted by Crippen LogP contribution is 2.29. The number of sulfonamides is 1. The molecule has 1 aliphatic heterocycles. The van der Waals surface area contributed by atoms with Crippen molar-refractivity contribution in [3.63, 3.8) is 0 Å². The fraction of sp³-hybridized carbons (Fsp3) is 0.714. The van der Waals surface area contributed by atoms with Crippen LogP contribution in [0.15, 0.2) is 21.7 Å². The zero-order valence-electron chi connectivity index (χ0n) is 12.2. The van der Waals surface area contributed by atoms with Crippen molar-refractivity contribution in [3.05, 3.63) is 17.5 Å². The van der Waals surface area contributed by atoms with Crippen LogP contribution in [0.3, 0.4) is 0 Å². The van der Waals surface area contributed by atoms with Crippen molar-refractivity contribution in [2.75, 3.05) is 13.1 Å². The predicted molar refractivity (Wildman–Crippen MR) is 83.6 cm³/mol. The summed E-state index contributed by atoms with van der Waals surface area (Å²) in [6, 6.07) is 3.78. The van der Waals surface area contributed by atoms with Gasteiger partial charge in [-0.3, -0.25) is 0 Å². The molecule has 2 atom stereocenters. The van der Waals surface area contributed by atoms with Crippen LogP contribution in [-0.2, 0) is 10.0 Å². The first-order valence-corrected chi connectivity index (χ1v) is 9.68. The fourth-order valence-corrected chi connectivity index (χ4v) is 5.65. The highest BCUT2D eigenvalue weighted by Gasteiger charge is 2.36. The maximum atomic E-state index is 12.7. The standard InChI is InChI=1S/C14H24N2O2S2/c1-3-9-15-12(2)13-7-4-5-10-16(13)20(17,18)14-8-6-11-19-14/h6,8,11-13,15H,3-5,7,9-10H2,1-2H3. The first-order valence-electron chi connectivity index (χ1n) is 7.36. The Bertz CT molecular complexity index is 499. The van der Waals surface area contributed by atoms with Gasteiger partial charge in [-0.2, -0.15) is 4.31 Å². The summed E-state index contributed by atoms with van der Waals surface area (Å²) < 4.78 is 27.7. The Balaban J connectivity index is 2.18. The van der Waals surface area contributed by atoms with Crippen molar-refractivity contribution < 1.29 is 8.42 Å². The molecular formula is C14H24N2O2S2. The second-order valence-electron chi connectivity index (χ2n) is 5.35. The Morgan fingerprint density at radius 2 is 2.30 bits per heavy atom. The number of nitrogens with zero attached hydrogens (tertiary/aromatic N) is 1. The normalized spacial score (nSPS) is 22.8. The first-order chi connectivity index (χ1) is 9.57. The van der Waals surface area contributed by atoms with Gasteiger partial charge in [0, 0.05) is 18.6 Å². The van der Waals surface area contributed by atoms with E-state index in [1.165, 1.54) is 11.3 Å². The third-order valence-electron chi connectivity index (χ3n) is 3.85. The lowest BCUT2D eigenvalue weighted by Gasteiger charge is -2.38. The van der Waals surface area contributed by atoms with Crippen LogP contribution in [0.25, 0.3) is 0 Å². The molecular weight excluding hydrogens is 292 g/mol. The lowest BCUT2D eigenvalue weighted by atomic mass is 9.99. The number of rotatable bonds is 6. The van der Waals surface area contributed by atoms with E-state index in [4.69, 9.17) is 0 Å². The van der Waals surface area contributed by atoms with E-state index >= 15 is 0 Å². The van der Waals surface area contributed by atoms with E-state index in [-0.39, 0.29) is 12.1 Å². The van der Waals surface area contributed by atoms with Gasteiger partial charge in [-0.1, -0.05) is 19.4 Å². The fourth-order valence-electron chi connectivity index (χ4n) is 2.76. The van der Waals surface area contributed by atoms with Crippen molar-refractivity contribution in [1.82, 2.24) is 9.62 Å². The van der Waals surface area contributed by atoms with Crippen LogP contribution in [0.2, 0.25) is 0 Å². The van der Waals surface area contributed by atoms with Gasteiger partial charge in [0.2, 0.25) is 0 Å². The van der Waals surface area contributed by atoms with E-state index in [1.807, 2.05) is 5.38 Å². The van der Waals surface area contributed by atoms with Gasteiger partial charge in [0.1, 0.15) is 4.21 Å². The average Bonchev–Trinajstić information content (AvgIpc) is 2.99. The largest absolute Gasteiger partial charge is 0.313 e. The molecule has 0 radical (unpaired) electrons. The van der Waals surface area contributed by atoms with Crippen LogP contribution in [0.5, 0.6) is 0 Å². The van der Waals surface area contributed by atoms with E-state index in [2.05, 4.69) is 19.2 Å². The van der Waals surface area contributed by atoms with Crippen molar-refractivity contribution >= 4 is 21.4 Å². The summed E-state index contributed by atoms with van der Waals surface area (Å²) in [5.74, 6) is 0. The Kier molecular flexibility index (Phi) is 5.60. The molecule has 0 spiro atoms. The Morgan fingerprint density at radius 1 is 1.50 bits per heavy atom. The molecule has 0 aromatic carbocycles. The summed E-state index contributed by atoms with van der Waals surface area (Å²) >= 11 is 1.31. The molecule has 20 heavy (non-hydrogen) atoms. The molecule has 0 saturated carbocycles. The van der Waals surface area contributed by atoms with Crippen LogP contribution in [0.1, 0.15) is 39.5 Å². The molecule has 2 heterocycles. The topological polar surface area (TPSA) is 49.4 Å². The summed E-state index contributed by atoms with van der Waals surface area (Å²) in [4.78, 5) is 0. The zero-order chi connectivity index (χ0) is 14.6. The second kappa shape index (κ2) is 7.02. The molecule has 114 valence electrons. The van der Waals surface area contributed by atoms with E-state index < -0.39 is 10.0 Å². The van der Waals surface area contributed by atoms with Gasteiger partial charge in [-0.05, 0) is 44.2 Å². The molecule has 0 aliphatic carbocycles. The molecule has 1 aliphatic rings. The Morgan fingerprint density at radius 3 is 2.95 bits per heavy atom. The quantitative estimate of drug-likeness (QED) is 0.878. The number of hydrogen-bond acceptors (Lipinski definition) is 4. The number of thiophene rings is 1. The van der Waals surface area contributed by atoms with Gasteiger partial charge < -0.3 is 5.32 Å². The maximum absolute atomic E-state index is 12.7. The minimum absolute atomic E-state index is 0.0717. The van der Waals surface area contributed by atoms with Crippen LogP contribution in [0, 0.1) is 0 Å². The Hall–Kier alpha value is -0.430. The van der Waals surface area contributed by atoms with Crippen molar-refractivity contribution in [1.29, 1.82) is 0 Å². The zero-order valence-corrected chi connectivity index (χ0v) is 13.8. The summed E-state index contributed by atoms with van der Waals surface area (Å²) in [5, 5.41) is 5.27. The van der Waals surface area contributed by atoms with Gasteiger partial charge >= 0.3 is 0 Å².